The van der Waals surface area contributed by atoms with Crippen LogP contribution in [0.25, 0.3) is 11.6 Å². The van der Waals surface area contributed by atoms with Gasteiger partial charge in [-0.1, -0.05) is 6.07 Å². The number of aromatic amines is 1. The Morgan fingerprint density at radius 3 is 2.42 bits per heavy atom. The molecule has 240 valence electrons. The first-order chi connectivity index (χ1) is 20.8. The maximum absolute atomic E-state index is 13.4. The number of aryl methyl sites for hydroxylation is 1. The van der Waals surface area contributed by atoms with E-state index in [1.165, 1.54) is 23.1 Å². The molecule has 15 heteroatoms. The van der Waals surface area contributed by atoms with E-state index in [1.54, 1.807) is 19.9 Å². The molecule has 4 rings (SSSR count). The number of aromatic carboxylic acids is 1. The van der Waals surface area contributed by atoms with Gasteiger partial charge in [-0.25, -0.2) is 13.2 Å². The van der Waals surface area contributed by atoms with E-state index in [0.29, 0.717) is 40.3 Å². The van der Waals surface area contributed by atoms with Crippen LogP contribution in [-0.2, 0) is 20.4 Å². The summed E-state index contributed by atoms with van der Waals surface area (Å²) in [5.41, 5.74) is 1.96. The minimum atomic E-state index is -4.16. The van der Waals surface area contributed by atoms with Gasteiger partial charge in [-0.3, -0.25) is 19.7 Å². The molecule has 0 spiro atoms. The Labute approximate surface area is 266 Å². The lowest BCUT2D eigenvalue weighted by Crippen LogP contribution is -3.12. The van der Waals surface area contributed by atoms with Crippen molar-refractivity contribution < 1.29 is 50.1 Å². The molecule has 0 bridgehead atoms. The molecule has 1 aliphatic rings. The third-order valence-electron chi connectivity index (χ3n) is 7.76. The lowest BCUT2D eigenvalue weighted by atomic mass is 10.0. The molecule has 2 heterocycles. The largest absolute Gasteiger partial charge is 1.00 e. The number of anilines is 1. The molecule has 0 unspecified atom stereocenters. The summed E-state index contributed by atoms with van der Waals surface area (Å²) >= 11 is 0. The molecule has 1 aliphatic heterocycles. The number of hydrogen-bond acceptors (Lipinski definition) is 7. The fourth-order valence-corrected chi connectivity index (χ4v) is 6.62. The highest BCUT2D eigenvalue weighted by molar-refractivity contribution is 7.90. The number of nitro benzene ring substituents is 1. The predicted molar refractivity (Wildman–Crippen MR) is 163 cm³/mol. The van der Waals surface area contributed by atoms with E-state index in [-0.39, 0.29) is 39.9 Å². The molecule has 45 heavy (non-hydrogen) atoms. The first kappa shape index (κ1) is 35.0. The Morgan fingerprint density at radius 2 is 1.80 bits per heavy atom. The van der Waals surface area contributed by atoms with Gasteiger partial charge in [-0.15, -0.1) is 0 Å². The van der Waals surface area contributed by atoms with Crippen molar-refractivity contribution >= 4 is 50.6 Å². The molecule has 0 radical (unpaired) electrons. The van der Waals surface area contributed by atoms with Gasteiger partial charge in [0.2, 0.25) is 0 Å². The molecule has 2 aromatic carbocycles. The number of rotatable bonds is 12. The van der Waals surface area contributed by atoms with E-state index in [1.807, 2.05) is 0 Å². The number of halogens is 1. The van der Waals surface area contributed by atoms with Crippen molar-refractivity contribution in [3.8, 4) is 0 Å². The standard InChI is InChI=1S/C30H33N5O8S.ClH/c1-5-34(6-2)12-11-31-29(37)27-17(3)25(32-18(27)4)15-23-22-14-21(9-10-24(22)33-28(23)36)44(42,43)16-20-8-7-19(30(38)39)13-26(20)35(40)41;/h7-10,13-15,32H,5-6,11-12,16H2,1-4H3,(H,31,37)(H,33,36)(H,38,39);1H/b23-15-;. The van der Waals surface area contributed by atoms with Crippen molar-refractivity contribution in [2.75, 3.05) is 31.5 Å². The number of nitrogens with one attached hydrogen (secondary N) is 4. The number of benzene rings is 2. The smallest absolute Gasteiger partial charge is 0.335 e. The third-order valence-corrected chi connectivity index (χ3v) is 9.43. The topological polar surface area (TPSA) is 193 Å². The summed E-state index contributed by atoms with van der Waals surface area (Å²) < 4.78 is 26.7. The minimum Gasteiger partial charge on any atom is -1.00 e. The van der Waals surface area contributed by atoms with Crippen LogP contribution < -0.4 is 27.9 Å². The Balaban J connectivity index is 0.00000552. The van der Waals surface area contributed by atoms with Crippen LogP contribution in [0.1, 0.15) is 62.6 Å². The molecule has 0 fully saturated rings. The van der Waals surface area contributed by atoms with Crippen LogP contribution in [0.3, 0.4) is 0 Å². The number of aromatic nitrogens is 1. The number of nitro groups is 1. The van der Waals surface area contributed by atoms with Crippen LogP contribution in [0.4, 0.5) is 11.4 Å². The number of H-pyrrole nitrogens is 1. The zero-order valence-electron chi connectivity index (χ0n) is 25.1. The predicted octanol–water partition coefficient (Wildman–Crippen LogP) is -0.637. The zero-order chi connectivity index (χ0) is 32.3. The van der Waals surface area contributed by atoms with Crippen LogP contribution in [0, 0.1) is 24.0 Å². The number of carboxylic acids is 1. The van der Waals surface area contributed by atoms with E-state index in [2.05, 4.69) is 29.5 Å². The number of sulfone groups is 1. The number of amides is 2. The molecule has 5 N–H and O–H groups in total. The van der Waals surface area contributed by atoms with Crippen molar-refractivity contribution in [1.82, 2.24) is 10.3 Å². The fourth-order valence-electron chi connectivity index (χ4n) is 5.23. The number of carbonyl (C=O) groups is 3. The molecule has 0 aliphatic carbocycles. The van der Waals surface area contributed by atoms with Gasteiger partial charge in [0.05, 0.1) is 58.5 Å². The first-order valence-corrected chi connectivity index (χ1v) is 15.6. The second-order valence-corrected chi connectivity index (χ2v) is 12.5. The normalized spacial score (nSPS) is 13.4. The highest BCUT2D eigenvalue weighted by Crippen LogP contribution is 2.36. The average molecular weight is 660 g/mol. The number of nitrogens with zero attached hydrogens (tertiary/aromatic N) is 1. The lowest BCUT2D eigenvalue weighted by molar-refractivity contribution is -0.895. The van der Waals surface area contributed by atoms with E-state index in [4.69, 9.17) is 5.11 Å². The van der Waals surface area contributed by atoms with Gasteiger partial charge in [0.25, 0.3) is 17.5 Å². The number of carbonyl (C=O) groups excluding carboxylic acids is 2. The van der Waals surface area contributed by atoms with Gasteiger partial charge >= 0.3 is 5.97 Å². The molecule has 2 amide bonds. The van der Waals surface area contributed by atoms with E-state index >= 15 is 0 Å². The number of fused-ring (bicyclic) bond motifs is 1. The monoisotopic (exact) mass is 659 g/mol. The van der Waals surface area contributed by atoms with Crippen molar-refractivity contribution in [1.29, 1.82) is 0 Å². The van der Waals surface area contributed by atoms with Crippen LogP contribution in [-0.4, -0.2) is 67.4 Å². The molecule has 0 saturated carbocycles. The number of likely N-dealkylation sites (N-methyl/N-ethyl adjacent to an activating group) is 1. The number of carboxylic acid groups (broad SMARTS) is 1. The summed E-state index contributed by atoms with van der Waals surface area (Å²) in [6.07, 6.45) is 1.56. The van der Waals surface area contributed by atoms with Gasteiger partial charge in [0.1, 0.15) is 0 Å². The van der Waals surface area contributed by atoms with E-state index in [0.717, 1.165) is 37.8 Å². The van der Waals surface area contributed by atoms with E-state index in [9.17, 15) is 32.9 Å². The van der Waals surface area contributed by atoms with Gasteiger partial charge in [-0.2, -0.15) is 0 Å². The lowest BCUT2D eigenvalue weighted by Gasteiger charge is -2.15. The van der Waals surface area contributed by atoms with Crippen molar-refractivity contribution in [2.45, 2.75) is 38.3 Å². The van der Waals surface area contributed by atoms with Crippen molar-refractivity contribution in [2.24, 2.45) is 0 Å². The number of hydrogen-bond donors (Lipinski definition) is 5. The summed E-state index contributed by atoms with van der Waals surface area (Å²) in [5, 5.41) is 26.4. The Hall–Kier alpha value is -4.53. The second-order valence-electron chi connectivity index (χ2n) is 10.5. The van der Waals surface area contributed by atoms with Crippen molar-refractivity contribution in [3.05, 3.63) is 85.7 Å². The molecule has 1 aromatic heterocycles. The summed E-state index contributed by atoms with van der Waals surface area (Å²) in [4.78, 5) is 52.3. The Morgan fingerprint density at radius 1 is 1.11 bits per heavy atom. The molecule has 0 saturated heterocycles. The van der Waals surface area contributed by atoms with Gasteiger partial charge in [-0.05, 0) is 63.6 Å². The average Bonchev–Trinajstić information content (AvgIpc) is 3.43. The first-order valence-electron chi connectivity index (χ1n) is 14.0. The minimum absolute atomic E-state index is 0. The maximum Gasteiger partial charge on any atom is 0.335 e. The highest BCUT2D eigenvalue weighted by Gasteiger charge is 2.29. The molecule has 0 atom stereocenters. The molecular formula is C30H34ClN5O8S. The zero-order valence-corrected chi connectivity index (χ0v) is 26.7. The molecule has 3 aromatic rings. The second kappa shape index (κ2) is 14.1. The van der Waals surface area contributed by atoms with Crippen LogP contribution in [0.5, 0.6) is 0 Å². The Kier molecular flexibility index (Phi) is 10.9. The van der Waals surface area contributed by atoms with Crippen LogP contribution >= 0.6 is 0 Å². The van der Waals surface area contributed by atoms with Gasteiger partial charge < -0.3 is 38.0 Å². The summed E-state index contributed by atoms with van der Waals surface area (Å²) in [7, 11) is -4.16. The quantitative estimate of drug-likeness (QED) is 0.0963. The van der Waals surface area contributed by atoms with Crippen molar-refractivity contribution in [3.63, 3.8) is 0 Å². The van der Waals surface area contributed by atoms with Crippen LogP contribution in [0.15, 0.2) is 41.3 Å². The summed E-state index contributed by atoms with van der Waals surface area (Å²) in [6.45, 7) is 10.9. The van der Waals surface area contributed by atoms with Crippen LogP contribution in [0.2, 0.25) is 0 Å². The Bertz CT molecular complexity index is 1810. The fraction of sp³-hybridized carbons (Fsp3) is 0.300. The van der Waals surface area contributed by atoms with Gasteiger partial charge in [0.15, 0.2) is 9.84 Å². The summed E-state index contributed by atoms with van der Waals surface area (Å²) in [6, 6.07) is 7.08. The van der Waals surface area contributed by atoms with Gasteiger partial charge in [0, 0.05) is 34.3 Å². The SMILES string of the molecule is CC[NH+](CC)CCNC(=O)c1c(C)[nH]c(/C=C2\C(=O)Nc3ccc(S(=O)(=O)Cc4ccc(C(=O)O)cc4[N+](=O)[O-])cc32)c1C.[Cl-]. The molecule has 13 nitrogen and oxygen atoms in total. The third kappa shape index (κ3) is 7.41. The maximum atomic E-state index is 13.4. The molecular weight excluding hydrogens is 626 g/mol. The highest BCUT2D eigenvalue weighted by atomic mass is 35.5. The van der Waals surface area contributed by atoms with E-state index < -0.39 is 38.1 Å². The summed E-state index contributed by atoms with van der Waals surface area (Å²) in [5.74, 6) is -2.84. The number of quaternary nitrogens is 1.